The number of nitrogens with two attached hydrogens (primary N) is 1. The molecule has 78 valence electrons. The Bertz CT molecular complexity index is 273. The molecule has 1 aromatic rings. The SMILES string of the molecule is COC[C@@H](C)[NH2+]Cc1ccccc1C. The third-order valence-corrected chi connectivity index (χ3v) is 2.43. The average molecular weight is 194 g/mol. The molecule has 0 radical (unpaired) electrons. The fourth-order valence-electron chi connectivity index (χ4n) is 1.50. The topological polar surface area (TPSA) is 25.8 Å². The Balaban J connectivity index is 2.41. The number of ether oxygens (including phenoxy) is 1. The molecule has 0 fully saturated rings. The van der Waals surface area contributed by atoms with Crippen LogP contribution >= 0.6 is 0 Å². The van der Waals surface area contributed by atoms with Gasteiger partial charge in [0.15, 0.2) is 0 Å². The fraction of sp³-hybridized carbons (Fsp3) is 0.500. The highest BCUT2D eigenvalue weighted by atomic mass is 16.5. The van der Waals surface area contributed by atoms with E-state index in [0.717, 1.165) is 13.2 Å². The number of hydrogen-bond donors (Lipinski definition) is 1. The van der Waals surface area contributed by atoms with Crippen molar-refractivity contribution in [2.45, 2.75) is 26.4 Å². The molecule has 0 spiro atoms. The summed E-state index contributed by atoms with van der Waals surface area (Å²) >= 11 is 0. The van der Waals surface area contributed by atoms with Gasteiger partial charge < -0.3 is 10.1 Å². The molecule has 0 saturated carbocycles. The largest absolute Gasteiger partial charge is 0.379 e. The van der Waals surface area contributed by atoms with Crippen LogP contribution in [-0.4, -0.2) is 19.8 Å². The summed E-state index contributed by atoms with van der Waals surface area (Å²) in [7, 11) is 1.75. The van der Waals surface area contributed by atoms with Gasteiger partial charge in [-0.1, -0.05) is 24.3 Å². The van der Waals surface area contributed by atoms with Gasteiger partial charge in [0.2, 0.25) is 0 Å². The van der Waals surface area contributed by atoms with Crippen molar-refractivity contribution in [2.24, 2.45) is 0 Å². The monoisotopic (exact) mass is 194 g/mol. The zero-order chi connectivity index (χ0) is 10.4. The van der Waals surface area contributed by atoms with Gasteiger partial charge in [0.05, 0.1) is 6.61 Å². The van der Waals surface area contributed by atoms with Gasteiger partial charge in [0.1, 0.15) is 12.6 Å². The maximum atomic E-state index is 5.09. The van der Waals surface area contributed by atoms with E-state index in [1.165, 1.54) is 11.1 Å². The molecule has 0 amide bonds. The Kier molecular flexibility index (Phi) is 4.63. The molecular formula is C12H20NO+. The summed E-state index contributed by atoms with van der Waals surface area (Å²) in [5.74, 6) is 0. The van der Waals surface area contributed by atoms with Crippen LogP contribution in [0.2, 0.25) is 0 Å². The molecule has 0 aliphatic heterocycles. The van der Waals surface area contributed by atoms with Crippen LogP contribution in [0.4, 0.5) is 0 Å². The predicted octanol–water partition coefficient (Wildman–Crippen LogP) is 1.09. The molecule has 1 atom stereocenters. The fourth-order valence-corrected chi connectivity index (χ4v) is 1.50. The Labute approximate surface area is 86.3 Å². The van der Waals surface area contributed by atoms with E-state index in [4.69, 9.17) is 4.74 Å². The van der Waals surface area contributed by atoms with E-state index in [2.05, 4.69) is 43.4 Å². The van der Waals surface area contributed by atoms with Crippen molar-refractivity contribution in [1.29, 1.82) is 0 Å². The molecule has 2 nitrogen and oxygen atoms in total. The van der Waals surface area contributed by atoms with Crippen LogP contribution in [0.5, 0.6) is 0 Å². The van der Waals surface area contributed by atoms with Crippen LogP contribution in [-0.2, 0) is 11.3 Å². The van der Waals surface area contributed by atoms with E-state index in [0.29, 0.717) is 6.04 Å². The van der Waals surface area contributed by atoms with Crippen LogP contribution < -0.4 is 5.32 Å². The first-order valence-electron chi connectivity index (χ1n) is 5.11. The molecule has 0 aromatic heterocycles. The zero-order valence-corrected chi connectivity index (χ0v) is 9.29. The number of benzene rings is 1. The van der Waals surface area contributed by atoms with Crippen molar-refractivity contribution in [3.8, 4) is 0 Å². The van der Waals surface area contributed by atoms with Crippen molar-refractivity contribution in [3.63, 3.8) is 0 Å². The van der Waals surface area contributed by atoms with Crippen LogP contribution in [0.1, 0.15) is 18.1 Å². The first kappa shape index (κ1) is 11.2. The highest BCUT2D eigenvalue weighted by molar-refractivity contribution is 5.24. The van der Waals surface area contributed by atoms with E-state index >= 15 is 0 Å². The molecule has 2 N–H and O–H groups in total. The Morgan fingerprint density at radius 2 is 2.07 bits per heavy atom. The number of hydrogen-bond acceptors (Lipinski definition) is 1. The average Bonchev–Trinajstić information content (AvgIpc) is 2.17. The van der Waals surface area contributed by atoms with E-state index < -0.39 is 0 Å². The van der Waals surface area contributed by atoms with Crippen LogP contribution in [0.25, 0.3) is 0 Å². The van der Waals surface area contributed by atoms with Gasteiger partial charge >= 0.3 is 0 Å². The van der Waals surface area contributed by atoms with E-state index in [1.807, 2.05) is 0 Å². The third-order valence-electron chi connectivity index (χ3n) is 2.43. The van der Waals surface area contributed by atoms with Gasteiger partial charge in [-0.2, -0.15) is 0 Å². The van der Waals surface area contributed by atoms with Crippen LogP contribution in [0.15, 0.2) is 24.3 Å². The minimum Gasteiger partial charge on any atom is -0.379 e. The smallest absolute Gasteiger partial charge is 0.107 e. The minimum atomic E-state index is 0.527. The highest BCUT2D eigenvalue weighted by Gasteiger charge is 2.05. The molecule has 0 aliphatic carbocycles. The van der Waals surface area contributed by atoms with Crippen molar-refractivity contribution < 1.29 is 10.1 Å². The number of aryl methyl sites for hydroxylation is 1. The summed E-state index contributed by atoms with van der Waals surface area (Å²) in [5, 5.41) is 2.31. The normalized spacial score (nSPS) is 12.8. The van der Waals surface area contributed by atoms with Gasteiger partial charge in [-0.05, 0) is 19.4 Å². The Morgan fingerprint density at radius 1 is 1.36 bits per heavy atom. The number of methoxy groups -OCH3 is 1. The van der Waals surface area contributed by atoms with Gasteiger partial charge in [-0.15, -0.1) is 0 Å². The van der Waals surface area contributed by atoms with Gasteiger partial charge in [-0.3, -0.25) is 0 Å². The standard InChI is InChI=1S/C12H19NO/c1-10-6-4-5-7-12(10)8-13-11(2)9-14-3/h4-7,11,13H,8-9H2,1-3H3/p+1/t11-/m1/s1. The van der Waals surface area contributed by atoms with E-state index in [9.17, 15) is 0 Å². The number of rotatable bonds is 5. The second kappa shape index (κ2) is 5.78. The molecule has 14 heavy (non-hydrogen) atoms. The van der Waals surface area contributed by atoms with Crippen molar-refractivity contribution in [2.75, 3.05) is 13.7 Å². The summed E-state index contributed by atoms with van der Waals surface area (Å²) in [5.41, 5.74) is 2.78. The van der Waals surface area contributed by atoms with Crippen molar-refractivity contribution in [3.05, 3.63) is 35.4 Å². The van der Waals surface area contributed by atoms with Crippen LogP contribution in [0.3, 0.4) is 0 Å². The molecule has 1 aromatic carbocycles. The Hall–Kier alpha value is -0.860. The highest BCUT2D eigenvalue weighted by Crippen LogP contribution is 2.04. The molecular weight excluding hydrogens is 174 g/mol. The van der Waals surface area contributed by atoms with Crippen molar-refractivity contribution in [1.82, 2.24) is 0 Å². The summed E-state index contributed by atoms with van der Waals surface area (Å²) in [6, 6.07) is 9.05. The predicted molar refractivity (Wildman–Crippen MR) is 58.1 cm³/mol. The zero-order valence-electron chi connectivity index (χ0n) is 9.29. The second-order valence-electron chi connectivity index (χ2n) is 3.80. The molecule has 0 unspecified atom stereocenters. The maximum absolute atomic E-state index is 5.09. The van der Waals surface area contributed by atoms with Crippen LogP contribution in [0, 0.1) is 6.92 Å². The molecule has 1 rings (SSSR count). The van der Waals surface area contributed by atoms with Gasteiger partial charge in [-0.25, -0.2) is 0 Å². The molecule has 0 saturated heterocycles. The second-order valence-corrected chi connectivity index (χ2v) is 3.80. The van der Waals surface area contributed by atoms with Gasteiger partial charge in [0, 0.05) is 12.7 Å². The lowest BCUT2D eigenvalue weighted by molar-refractivity contribution is -0.702. The summed E-state index contributed by atoms with van der Waals surface area (Å²) in [4.78, 5) is 0. The van der Waals surface area contributed by atoms with E-state index in [1.54, 1.807) is 7.11 Å². The first-order valence-corrected chi connectivity index (χ1v) is 5.11. The first-order chi connectivity index (χ1) is 6.74. The number of quaternary nitrogens is 1. The summed E-state index contributed by atoms with van der Waals surface area (Å²) < 4.78 is 5.09. The Morgan fingerprint density at radius 3 is 2.71 bits per heavy atom. The summed E-state index contributed by atoms with van der Waals surface area (Å²) in [6.45, 7) is 6.19. The summed E-state index contributed by atoms with van der Waals surface area (Å²) in [6.07, 6.45) is 0. The van der Waals surface area contributed by atoms with Gasteiger partial charge in [0.25, 0.3) is 0 Å². The molecule has 2 heteroatoms. The molecule has 0 heterocycles. The lowest BCUT2D eigenvalue weighted by Gasteiger charge is -2.10. The lowest BCUT2D eigenvalue weighted by atomic mass is 10.1. The van der Waals surface area contributed by atoms with E-state index in [-0.39, 0.29) is 0 Å². The maximum Gasteiger partial charge on any atom is 0.107 e. The third kappa shape index (κ3) is 3.48. The van der Waals surface area contributed by atoms with Crippen molar-refractivity contribution >= 4 is 0 Å². The lowest BCUT2D eigenvalue weighted by Crippen LogP contribution is -2.88. The quantitative estimate of drug-likeness (QED) is 0.746. The molecule has 0 bridgehead atoms. The minimum absolute atomic E-state index is 0.527. The molecule has 0 aliphatic rings.